The van der Waals surface area contributed by atoms with Gasteiger partial charge in [-0.1, -0.05) is 0 Å². The van der Waals surface area contributed by atoms with Crippen LogP contribution in [0.25, 0.3) is 22.6 Å². The van der Waals surface area contributed by atoms with Crippen LogP contribution < -0.4 is 5.32 Å². The Labute approximate surface area is 156 Å². The molecule has 4 rings (SSSR count). The van der Waals surface area contributed by atoms with E-state index < -0.39 is 5.82 Å². The number of imidazole rings is 1. The molecule has 2 N–H and O–H groups in total. The number of pyridine rings is 1. The van der Waals surface area contributed by atoms with Gasteiger partial charge in [-0.15, -0.1) is 0 Å². The van der Waals surface area contributed by atoms with Crippen LogP contribution in [0.3, 0.4) is 0 Å². The molecule has 0 bridgehead atoms. The van der Waals surface area contributed by atoms with E-state index in [-0.39, 0.29) is 11.6 Å². The Bertz CT molecular complexity index is 971. The SMILES string of the molecule is O=C(Nc1ccc(F)c(-c2nc3ncc(Br)cc3[nH]2)c1)N1CCOCC1. The summed E-state index contributed by atoms with van der Waals surface area (Å²) in [6, 6.07) is 5.97. The maximum absolute atomic E-state index is 14.3. The third-order valence-electron chi connectivity index (χ3n) is 4.08. The molecule has 0 aliphatic carbocycles. The summed E-state index contributed by atoms with van der Waals surface area (Å²) in [5, 5.41) is 2.79. The Morgan fingerprint density at radius 3 is 2.92 bits per heavy atom. The van der Waals surface area contributed by atoms with Crippen molar-refractivity contribution in [2.75, 3.05) is 31.6 Å². The molecule has 7 nitrogen and oxygen atoms in total. The summed E-state index contributed by atoms with van der Waals surface area (Å²) in [6.45, 7) is 2.10. The lowest BCUT2D eigenvalue weighted by atomic mass is 10.1. The van der Waals surface area contributed by atoms with E-state index in [1.165, 1.54) is 12.1 Å². The average molecular weight is 420 g/mol. The number of hydrogen-bond donors (Lipinski definition) is 2. The van der Waals surface area contributed by atoms with Gasteiger partial charge < -0.3 is 19.9 Å². The molecule has 1 aromatic carbocycles. The molecule has 0 atom stereocenters. The van der Waals surface area contributed by atoms with Crippen LogP contribution in [0.4, 0.5) is 14.9 Å². The second kappa shape index (κ2) is 7.00. The number of nitrogens with zero attached hydrogens (tertiary/aromatic N) is 3. The minimum Gasteiger partial charge on any atom is -0.378 e. The summed E-state index contributed by atoms with van der Waals surface area (Å²) >= 11 is 3.34. The van der Waals surface area contributed by atoms with Gasteiger partial charge in [0.1, 0.15) is 11.6 Å². The van der Waals surface area contributed by atoms with Gasteiger partial charge in [-0.2, -0.15) is 0 Å². The maximum atomic E-state index is 14.3. The number of carbonyl (C=O) groups excluding carboxylic acids is 1. The zero-order valence-corrected chi connectivity index (χ0v) is 15.2. The van der Waals surface area contributed by atoms with Crippen molar-refractivity contribution < 1.29 is 13.9 Å². The van der Waals surface area contributed by atoms with Crippen molar-refractivity contribution in [2.24, 2.45) is 0 Å². The van der Waals surface area contributed by atoms with E-state index in [0.29, 0.717) is 49.0 Å². The molecular formula is C17H15BrFN5O2. The Hall–Kier alpha value is -2.52. The summed E-state index contributed by atoms with van der Waals surface area (Å²) < 4.78 is 20.4. The Kier molecular flexibility index (Phi) is 4.56. The first-order valence-corrected chi connectivity index (χ1v) is 8.84. The van der Waals surface area contributed by atoms with Crippen molar-refractivity contribution in [3.8, 4) is 11.4 Å². The predicted molar refractivity (Wildman–Crippen MR) is 98.4 cm³/mol. The fraction of sp³-hybridized carbons (Fsp3) is 0.235. The standard InChI is InChI=1S/C17H15BrFN5O2/c18-10-7-14-16(20-9-10)23-15(22-14)12-8-11(1-2-13(12)19)21-17(25)24-3-5-26-6-4-24/h1-2,7-9H,3-6H2,(H,21,25)(H,20,22,23). The van der Waals surface area contributed by atoms with Crippen LogP contribution in [0.5, 0.6) is 0 Å². The first-order valence-electron chi connectivity index (χ1n) is 8.05. The van der Waals surface area contributed by atoms with Crippen LogP contribution in [0.2, 0.25) is 0 Å². The number of anilines is 1. The second-order valence-corrected chi connectivity index (χ2v) is 6.75. The quantitative estimate of drug-likeness (QED) is 0.666. The molecule has 134 valence electrons. The molecule has 3 heterocycles. The van der Waals surface area contributed by atoms with Gasteiger partial charge in [0.05, 0.1) is 24.3 Å². The molecule has 2 aromatic heterocycles. The molecule has 1 aliphatic rings. The number of fused-ring (bicyclic) bond motifs is 1. The minimum absolute atomic E-state index is 0.235. The Balaban J connectivity index is 1.61. The number of halogens is 2. The van der Waals surface area contributed by atoms with Gasteiger partial charge in [-0.05, 0) is 40.2 Å². The monoisotopic (exact) mass is 419 g/mol. The number of aromatic nitrogens is 3. The highest BCUT2D eigenvalue weighted by Gasteiger charge is 2.18. The molecule has 0 spiro atoms. The van der Waals surface area contributed by atoms with Gasteiger partial charge in [0.15, 0.2) is 5.65 Å². The van der Waals surface area contributed by atoms with Crippen LogP contribution >= 0.6 is 15.9 Å². The molecule has 26 heavy (non-hydrogen) atoms. The lowest BCUT2D eigenvalue weighted by Gasteiger charge is -2.27. The number of carbonyl (C=O) groups is 1. The van der Waals surface area contributed by atoms with Gasteiger partial charge in [-0.25, -0.2) is 19.2 Å². The number of aromatic amines is 1. The topological polar surface area (TPSA) is 83.1 Å². The van der Waals surface area contributed by atoms with Crippen LogP contribution in [0, 0.1) is 5.82 Å². The van der Waals surface area contributed by atoms with E-state index in [4.69, 9.17) is 4.74 Å². The fourth-order valence-electron chi connectivity index (χ4n) is 2.76. The third-order valence-corrected chi connectivity index (χ3v) is 4.51. The van der Waals surface area contributed by atoms with Crippen LogP contribution in [0.1, 0.15) is 0 Å². The maximum Gasteiger partial charge on any atom is 0.321 e. The van der Waals surface area contributed by atoms with Crippen LogP contribution in [0.15, 0.2) is 34.9 Å². The molecule has 1 saturated heterocycles. The largest absolute Gasteiger partial charge is 0.378 e. The molecule has 0 unspecified atom stereocenters. The van der Waals surface area contributed by atoms with Crippen molar-refractivity contribution in [1.82, 2.24) is 19.9 Å². The van der Waals surface area contributed by atoms with Gasteiger partial charge >= 0.3 is 6.03 Å². The number of amides is 2. The van der Waals surface area contributed by atoms with Crippen molar-refractivity contribution in [1.29, 1.82) is 0 Å². The van der Waals surface area contributed by atoms with E-state index in [0.717, 1.165) is 4.47 Å². The molecule has 9 heteroatoms. The lowest BCUT2D eigenvalue weighted by Crippen LogP contribution is -2.43. The minimum atomic E-state index is -0.438. The summed E-state index contributed by atoms with van der Waals surface area (Å²) in [7, 11) is 0. The van der Waals surface area contributed by atoms with Crippen LogP contribution in [-0.4, -0.2) is 52.2 Å². The van der Waals surface area contributed by atoms with E-state index >= 15 is 0 Å². The van der Waals surface area contributed by atoms with E-state index in [1.807, 2.05) is 6.07 Å². The summed E-state index contributed by atoms with van der Waals surface area (Å²) in [4.78, 5) is 25.5. The number of benzene rings is 1. The van der Waals surface area contributed by atoms with Crippen molar-refractivity contribution in [2.45, 2.75) is 0 Å². The molecule has 1 aliphatic heterocycles. The zero-order valence-electron chi connectivity index (χ0n) is 13.6. The number of nitrogens with one attached hydrogen (secondary N) is 2. The fourth-order valence-corrected chi connectivity index (χ4v) is 3.09. The number of rotatable bonds is 2. The zero-order chi connectivity index (χ0) is 18.1. The summed E-state index contributed by atoms with van der Waals surface area (Å²) in [6.07, 6.45) is 1.63. The Morgan fingerprint density at radius 2 is 2.12 bits per heavy atom. The Morgan fingerprint density at radius 1 is 1.31 bits per heavy atom. The van der Waals surface area contributed by atoms with Gasteiger partial charge in [0, 0.05) is 29.4 Å². The molecule has 3 aromatic rings. The normalized spacial score (nSPS) is 14.6. The predicted octanol–water partition coefficient (Wildman–Crippen LogP) is 3.39. The van der Waals surface area contributed by atoms with Crippen LogP contribution in [-0.2, 0) is 4.74 Å². The number of ether oxygens (including phenoxy) is 1. The van der Waals surface area contributed by atoms with Crippen molar-refractivity contribution in [3.05, 3.63) is 40.8 Å². The average Bonchev–Trinajstić information content (AvgIpc) is 3.07. The molecular weight excluding hydrogens is 405 g/mol. The number of morpholine rings is 1. The van der Waals surface area contributed by atoms with Crippen molar-refractivity contribution in [3.63, 3.8) is 0 Å². The smallest absolute Gasteiger partial charge is 0.321 e. The second-order valence-electron chi connectivity index (χ2n) is 5.83. The van der Waals surface area contributed by atoms with E-state index in [1.54, 1.807) is 17.2 Å². The lowest BCUT2D eigenvalue weighted by molar-refractivity contribution is 0.0564. The van der Waals surface area contributed by atoms with E-state index in [9.17, 15) is 9.18 Å². The van der Waals surface area contributed by atoms with Gasteiger partial charge in [0.2, 0.25) is 0 Å². The van der Waals surface area contributed by atoms with Gasteiger partial charge in [-0.3, -0.25) is 0 Å². The summed E-state index contributed by atoms with van der Waals surface area (Å²) in [5.74, 6) is -0.0851. The first-order chi connectivity index (χ1) is 12.6. The number of urea groups is 1. The molecule has 2 amide bonds. The first kappa shape index (κ1) is 16.9. The highest BCUT2D eigenvalue weighted by atomic mass is 79.9. The highest BCUT2D eigenvalue weighted by molar-refractivity contribution is 9.10. The molecule has 0 saturated carbocycles. The summed E-state index contributed by atoms with van der Waals surface area (Å²) in [5.41, 5.74) is 1.94. The third kappa shape index (κ3) is 3.40. The number of H-pyrrole nitrogens is 1. The van der Waals surface area contributed by atoms with Crippen molar-refractivity contribution >= 4 is 38.8 Å². The van der Waals surface area contributed by atoms with Gasteiger partial charge in [0.25, 0.3) is 0 Å². The number of hydrogen-bond acceptors (Lipinski definition) is 4. The molecule has 0 radical (unpaired) electrons. The molecule has 1 fully saturated rings. The highest BCUT2D eigenvalue weighted by Crippen LogP contribution is 2.26. The van der Waals surface area contributed by atoms with E-state index in [2.05, 4.69) is 36.2 Å².